The van der Waals surface area contributed by atoms with Crippen molar-refractivity contribution in [2.45, 2.75) is 92.0 Å². The molecule has 0 saturated heterocycles. The Bertz CT molecular complexity index is 801. The van der Waals surface area contributed by atoms with Gasteiger partial charge in [-0.15, -0.1) is 0 Å². The van der Waals surface area contributed by atoms with Crippen LogP contribution in [0, 0.1) is 6.92 Å². The lowest BCUT2D eigenvalue weighted by Gasteiger charge is -2.34. The lowest BCUT2D eigenvalue weighted by molar-refractivity contribution is -0.142. The smallest absolute Gasteiger partial charge is 0.408 e. The van der Waals surface area contributed by atoms with E-state index in [0.29, 0.717) is 24.1 Å². The van der Waals surface area contributed by atoms with Crippen LogP contribution in [0.15, 0.2) is 18.2 Å². The van der Waals surface area contributed by atoms with Gasteiger partial charge >= 0.3 is 6.09 Å². The Labute approximate surface area is 191 Å². The fourth-order valence-corrected chi connectivity index (χ4v) is 3.17. The van der Waals surface area contributed by atoms with Gasteiger partial charge in [0.05, 0.1) is 0 Å². The number of phenolic OH excluding ortho intramolecular Hbond substituents is 1. The van der Waals surface area contributed by atoms with Crippen LogP contribution in [0.2, 0.25) is 0 Å². The number of rotatable bonds is 9. The molecule has 8 nitrogen and oxygen atoms in total. The van der Waals surface area contributed by atoms with Crippen LogP contribution in [0.1, 0.15) is 78.5 Å². The lowest BCUT2D eigenvalue weighted by atomic mass is 9.99. The molecule has 8 heteroatoms. The molecule has 32 heavy (non-hydrogen) atoms. The molecule has 0 aliphatic heterocycles. The number of phenols is 1. The molecular weight excluding hydrogens is 410 g/mol. The number of benzene rings is 1. The zero-order valence-corrected chi connectivity index (χ0v) is 20.6. The van der Waals surface area contributed by atoms with Gasteiger partial charge in [-0.1, -0.05) is 19.4 Å². The third-order valence-electron chi connectivity index (χ3n) is 4.67. The summed E-state index contributed by atoms with van der Waals surface area (Å²) in [7, 11) is 0. The molecule has 0 radical (unpaired) electrons. The van der Waals surface area contributed by atoms with Crippen molar-refractivity contribution >= 4 is 17.9 Å². The fraction of sp³-hybridized carbons (Fsp3) is 0.625. The summed E-state index contributed by atoms with van der Waals surface area (Å²) in [5.41, 5.74) is 0.498. The number of carbonyl (C=O) groups excluding carboxylic acids is 3. The summed E-state index contributed by atoms with van der Waals surface area (Å²) in [4.78, 5) is 40.3. The average Bonchev–Trinajstić information content (AvgIpc) is 2.64. The summed E-state index contributed by atoms with van der Waals surface area (Å²) in [6.07, 6.45) is 0.815. The van der Waals surface area contributed by atoms with Gasteiger partial charge in [-0.3, -0.25) is 9.59 Å². The number of hydrogen-bond donors (Lipinski definition) is 3. The molecule has 1 aromatic carbocycles. The predicted octanol–water partition coefficient (Wildman–Crippen LogP) is 3.81. The Balaban J connectivity index is 3.32. The normalized spacial score (nSPS) is 13.3. The van der Waals surface area contributed by atoms with Crippen molar-refractivity contribution in [3.8, 4) is 5.75 Å². The zero-order valence-electron chi connectivity index (χ0n) is 20.6. The van der Waals surface area contributed by atoms with E-state index < -0.39 is 23.8 Å². The summed E-state index contributed by atoms with van der Waals surface area (Å²) in [5.74, 6) is -0.596. The van der Waals surface area contributed by atoms with Crippen LogP contribution < -0.4 is 10.6 Å². The molecule has 2 atom stereocenters. The Morgan fingerprint density at radius 1 is 1.12 bits per heavy atom. The molecule has 180 valence electrons. The minimum Gasteiger partial charge on any atom is -0.508 e. The maximum absolute atomic E-state index is 13.4. The first-order chi connectivity index (χ1) is 14.8. The molecular formula is C24H39N3O5. The SMILES string of the molecule is CCCCN(C(=O)C(C)NC(=O)OC(C)(C)C)C(C(=O)NC(C)C)c1ccc(O)c(C)c1. The molecule has 0 bridgehead atoms. The van der Waals surface area contributed by atoms with Gasteiger partial charge in [-0.2, -0.15) is 0 Å². The largest absolute Gasteiger partial charge is 0.508 e. The third-order valence-corrected chi connectivity index (χ3v) is 4.67. The van der Waals surface area contributed by atoms with Crippen LogP contribution in [0.5, 0.6) is 5.75 Å². The van der Waals surface area contributed by atoms with E-state index in [1.807, 2.05) is 20.8 Å². The second-order valence-corrected chi connectivity index (χ2v) is 9.36. The van der Waals surface area contributed by atoms with Gasteiger partial charge in [0.25, 0.3) is 0 Å². The van der Waals surface area contributed by atoms with Gasteiger partial charge < -0.3 is 25.4 Å². The number of unbranched alkanes of at least 4 members (excludes halogenated alkanes) is 1. The number of hydrogen-bond acceptors (Lipinski definition) is 5. The number of aromatic hydroxyl groups is 1. The van der Waals surface area contributed by atoms with Crippen molar-refractivity contribution in [1.82, 2.24) is 15.5 Å². The maximum atomic E-state index is 13.4. The summed E-state index contributed by atoms with van der Waals surface area (Å²) in [5, 5.41) is 15.4. The van der Waals surface area contributed by atoms with Gasteiger partial charge in [0.1, 0.15) is 23.4 Å². The Morgan fingerprint density at radius 2 is 1.75 bits per heavy atom. The van der Waals surface area contributed by atoms with Crippen molar-refractivity contribution in [3.05, 3.63) is 29.3 Å². The van der Waals surface area contributed by atoms with Gasteiger partial charge in [-0.25, -0.2) is 4.79 Å². The number of carbonyl (C=O) groups is 3. The van der Waals surface area contributed by atoms with Crippen LogP contribution in [0.25, 0.3) is 0 Å². The number of aryl methyl sites for hydroxylation is 1. The summed E-state index contributed by atoms with van der Waals surface area (Å²) < 4.78 is 5.27. The molecule has 3 amide bonds. The summed E-state index contributed by atoms with van der Waals surface area (Å²) >= 11 is 0. The highest BCUT2D eigenvalue weighted by atomic mass is 16.6. The van der Waals surface area contributed by atoms with Crippen LogP contribution >= 0.6 is 0 Å². The highest BCUT2D eigenvalue weighted by molar-refractivity contribution is 5.92. The van der Waals surface area contributed by atoms with Gasteiger partial charge in [0.15, 0.2) is 0 Å². The third kappa shape index (κ3) is 8.40. The molecule has 0 aliphatic carbocycles. The highest BCUT2D eigenvalue weighted by Gasteiger charge is 2.34. The van der Waals surface area contributed by atoms with Crippen LogP contribution in [0.3, 0.4) is 0 Å². The molecule has 0 fully saturated rings. The molecule has 0 aliphatic rings. The average molecular weight is 450 g/mol. The van der Waals surface area contributed by atoms with Crippen molar-refractivity contribution in [1.29, 1.82) is 0 Å². The number of nitrogens with zero attached hydrogens (tertiary/aromatic N) is 1. The van der Waals surface area contributed by atoms with Crippen molar-refractivity contribution in [3.63, 3.8) is 0 Å². The number of alkyl carbamates (subject to hydrolysis) is 1. The van der Waals surface area contributed by atoms with Crippen LogP contribution in [-0.2, 0) is 14.3 Å². The highest BCUT2D eigenvalue weighted by Crippen LogP contribution is 2.27. The van der Waals surface area contributed by atoms with Crippen molar-refractivity contribution in [2.75, 3.05) is 6.54 Å². The summed E-state index contributed by atoms with van der Waals surface area (Å²) in [6.45, 7) is 14.6. The van der Waals surface area contributed by atoms with E-state index in [9.17, 15) is 19.5 Å². The van der Waals surface area contributed by atoms with Crippen LogP contribution in [0.4, 0.5) is 4.79 Å². The fourth-order valence-electron chi connectivity index (χ4n) is 3.17. The molecule has 1 aromatic rings. The van der Waals surface area contributed by atoms with E-state index in [0.717, 1.165) is 6.42 Å². The minimum absolute atomic E-state index is 0.114. The first-order valence-electron chi connectivity index (χ1n) is 11.2. The standard InChI is InChI=1S/C24H39N3O5/c1-9-10-13-27(22(30)17(5)26-23(31)32-24(6,7)8)20(21(29)25-15(2)3)18-11-12-19(28)16(4)14-18/h11-12,14-15,17,20,28H,9-10,13H2,1-8H3,(H,25,29)(H,26,31). The van der Waals surface area contributed by atoms with E-state index in [-0.39, 0.29) is 23.6 Å². The van der Waals surface area contributed by atoms with E-state index in [1.165, 1.54) is 11.0 Å². The lowest BCUT2D eigenvalue weighted by Crippen LogP contribution is -2.52. The molecule has 2 unspecified atom stereocenters. The number of nitrogens with one attached hydrogen (secondary N) is 2. The number of amides is 3. The molecule has 0 spiro atoms. The van der Waals surface area contributed by atoms with E-state index in [2.05, 4.69) is 10.6 Å². The molecule has 3 N–H and O–H groups in total. The maximum Gasteiger partial charge on any atom is 0.408 e. The molecule has 0 heterocycles. The predicted molar refractivity (Wildman–Crippen MR) is 124 cm³/mol. The van der Waals surface area contributed by atoms with Gasteiger partial charge in [0, 0.05) is 12.6 Å². The van der Waals surface area contributed by atoms with Crippen molar-refractivity contribution < 1.29 is 24.2 Å². The quantitative estimate of drug-likeness (QED) is 0.531. The molecule has 0 saturated carbocycles. The van der Waals surface area contributed by atoms with Gasteiger partial charge in [-0.05, 0) is 78.1 Å². The Hall–Kier alpha value is -2.77. The molecule has 1 rings (SSSR count). The monoisotopic (exact) mass is 449 g/mol. The Morgan fingerprint density at radius 3 is 2.25 bits per heavy atom. The van der Waals surface area contributed by atoms with Crippen molar-refractivity contribution in [2.24, 2.45) is 0 Å². The first kappa shape index (κ1) is 27.3. The van der Waals surface area contributed by atoms with E-state index >= 15 is 0 Å². The zero-order chi connectivity index (χ0) is 24.6. The molecule has 0 aromatic heterocycles. The minimum atomic E-state index is -0.904. The van der Waals surface area contributed by atoms with Gasteiger partial charge in [0.2, 0.25) is 11.8 Å². The second-order valence-electron chi connectivity index (χ2n) is 9.36. The van der Waals surface area contributed by atoms with Crippen LogP contribution in [-0.4, -0.2) is 52.1 Å². The topological polar surface area (TPSA) is 108 Å². The number of ether oxygens (including phenoxy) is 1. The summed E-state index contributed by atoms with van der Waals surface area (Å²) in [6, 6.07) is 2.95. The Kier molecular flexibility index (Phi) is 10.0. The van der Waals surface area contributed by atoms with E-state index in [1.54, 1.807) is 46.8 Å². The first-order valence-corrected chi connectivity index (χ1v) is 11.2. The van der Waals surface area contributed by atoms with E-state index in [4.69, 9.17) is 4.74 Å². The second kappa shape index (κ2) is 11.7.